The molecule has 0 aromatic heterocycles. The molecule has 6 heteroatoms. The number of methoxy groups -OCH3 is 1. The van der Waals surface area contributed by atoms with Crippen molar-refractivity contribution in [1.29, 1.82) is 0 Å². The number of ether oxygens (including phenoxy) is 1. The third-order valence-corrected chi connectivity index (χ3v) is 2.98. The third-order valence-electron chi connectivity index (χ3n) is 2.98. The Kier molecular flexibility index (Phi) is 6.24. The summed E-state index contributed by atoms with van der Waals surface area (Å²) in [6.07, 6.45) is 0.450. The highest BCUT2D eigenvalue weighted by molar-refractivity contribution is 5.89. The molecule has 0 aliphatic heterocycles. The number of carbonyl (C=O) groups excluding carboxylic acids is 1. The van der Waals surface area contributed by atoms with E-state index in [1.165, 1.54) is 25.3 Å². The molecule has 0 fully saturated rings. The molecule has 1 aromatic carbocycles. The minimum absolute atomic E-state index is 0.0172. The van der Waals surface area contributed by atoms with E-state index in [4.69, 9.17) is 9.84 Å². The SMILES string of the molecule is COc1ccc(F)c(NC(=O)NC(CCO)C(C)C)c1. The largest absolute Gasteiger partial charge is 0.497 e. The summed E-state index contributed by atoms with van der Waals surface area (Å²) < 4.78 is 18.6. The zero-order valence-electron chi connectivity index (χ0n) is 11.9. The van der Waals surface area contributed by atoms with E-state index in [9.17, 15) is 9.18 Å². The molecular formula is C14H21FN2O3. The van der Waals surface area contributed by atoms with Crippen LogP contribution in [0, 0.1) is 11.7 Å². The van der Waals surface area contributed by atoms with Crippen molar-refractivity contribution in [3.63, 3.8) is 0 Å². The van der Waals surface area contributed by atoms with E-state index in [-0.39, 0.29) is 24.3 Å². The summed E-state index contributed by atoms with van der Waals surface area (Å²) in [6.45, 7) is 3.86. The highest BCUT2D eigenvalue weighted by Gasteiger charge is 2.16. The Hall–Kier alpha value is -1.82. The molecule has 1 atom stereocenters. The number of aliphatic hydroxyl groups is 1. The van der Waals surface area contributed by atoms with Crippen LogP contribution in [0.15, 0.2) is 18.2 Å². The van der Waals surface area contributed by atoms with Gasteiger partial charge in [0.05, 0.1) is 12.8 Å². The molecular weight excluding hydrogens is 263 g/mol. The average Bonchev–Trinajstić information content (AvgIpc) is 2.40. The molecule has 0 aliphatic rings. The van der Waals surface area contributed by atoms with Crippen molar-refractivity contribution in [3.8, 4) is 5.75 Å². The van der Waals surface area contributed by atoms with Crippen LogP contribution < -0.4 is 15.4 Å². The predicted molar refractivity (Wildman–Crippen MR) is 75.4 cm³/mol. The molecule has 0 heterocycles. The highest BCUT2D eigenvalue weighted by atomic mass is 19.1. The minimum Gasteiger partial charge on any atom is -0.497 e. The lowest BCUT2D eigenvalue weighted by Gasteiger charge is -2.21. The number of hydrogen-bond donors (Lipinski definition) is 3. The number of aliphatic hydroxyl groups excluding tert-OH is 1. The predicted octanol–water partition coefficient (Wildman–Crippen LogP) is 2.36. The van der Waals surface area contributed by atoms with E-state index < -0.39 is 11.8 Å². The number of carbonyl (C=O) groups is 1. The zero-order valence-corrected chi connectivity index (χ0v) is 11.9. The second-order valence-corrected chi connectivity index (χ2v) is 4.81. The molecule has 0 saturated carbocycles. The molecule has 0 saturated heterocycles. The number of rotatable bonds is 6. The van der Waals surface area contributed by atoms with E-state index in [0.717, 1.165) is 0 Å². The van der Waals surface area contributed by atoms with Crippen molar-refractivity contribution in [2.45, 2.75) is 26.3 Å². The monoisotopic (exact) mass is 284 g/mol. The first-order valence-electron chi connectivity index (χ1n) is 6.49. The van der Waals surface area contributed by atoms with E-state index in [1.807, 2.05) is 13.8 Å². The Bertz CT molecular complexity index is 452. The first-order chi connectivity index (χ1) is 9.47. The summed E-state index contributed by atoms with van der Waals surface area (Å²) in [6, 6.07) is 3.42. The summed E-state index contributed by atoms with van der Waals surface area (Å²) in [4.78, 5) is 11.8. The van der Waals surface area contributed by atoms with Gasteiger partial charge in [0, 0.05) is 18.7 Å². The second-order valence-electron chi connectivity index (χ2n) is 4.81. The number of halogens is 1. The summed E-state index contributed by atoms with van der Waals surface area (Å²) in [5.41, 5.74) is 0.0494. The quantitative estimate of drug-likeness (QED) is 0.751. The van der Waals surface area contributed by atoms with Gasteiger partial charge in [0.2, 0.25) is 0 Å². The molecule has 1 rings (SSSR count). The van der Waals surface area contributed by atoms with E-state index >= 15 is 0 Å². The van der Waals surface area contributed by atoms with Gasteiger partial charge < -0.3 is 20.5 Å². The van der Waals surface area contributed by atoms with Crippen LogP contribution in [0.2, 0.25) is 0 Å². The molecule has 5 nitrogen and oxygen atoms in total. The Balaban J connectivity index is 2.70. The fourth-order valence-corrected chi connectivity index (χ4v) is 1.77. The van der Waals surface area contributed by atoms with Crippen molar-refractivity contribution >= 4 is 11.7 Å². The Morgan fingerprint density at radius 3 is 2.70 bits per heavy atom. The molecule has 0 radical (unpaired) electrons. The fourth-order valence-electron chi connectivity index (χ4n) is 1.77. The van der Waals surface area contributed by atoms with E-state index in [2.05, 4.69) is 10.6 Å². The van der Waals surface area contributed by atoms with Gasteiger partial charge >= 0.3 is 6.03 Å². The van der Waals surface area contributed by atoms with Crippen LogP contribution in [-0.2, 0) is 0 Å². The highest BCUT2D eigenvalue weighted by Crippen LogP contribution is 2.21. The van der Waals surface area contributed by atoms with Crippen LogP contribution >= 0.6 is 0 Å². The number of amides is 2. The standard InChI is InChI=1S/C14H21FN2O3/c1-9(2)12(6-7-18)16-14(19)17-13-8-10(20-3)4-5-11(13)15/h4-5,8-9,12,18H,6-7H2,1-3H3,(H2,16,17,19). The molecule has 1 unspecified atom stereocenters. The Morgan fingerprint density at radius 2 is 2.15 bits per heavy atom. The molecule has 20 heavy (non-hydrogen) atoms. The van der Waals surface area contributed by atoms with Crippen molar-refractivity contribution < 1.29 is 19.0 Å². The van der Waals surface area contributed by atoms with Crippen LogP contribution in [0.3, 0.4) is 0 Å². The Labute approximate surface area is 118 Å². The number of urea groups is 1. The lowest BCUT2D eigenvalue weighted by atomic mass is 10.0. The number of nitrogens with one attached hydrogen (secondary N) is 2. The number of anilines is 1. The van der Waals surface area contributed by atoms with E-state index in [1.54, 1.807) is 0 Å². The van der Waals surface area contributed by atoms with Crippen LogP contribution in [0.5, 0.6) is 5.75 Å². The summed E-state index contributed by atoms with van der Waals surface area (Å²) in [7, 11) is 1.47. The third kappa shape index (κ3) is 4.70. The summed E-state index contributed by atoms with van der Waals surface area (Å²) >= 11 is 0. The van der Waals surface area contributed by atoms with Gasteiger partial charge in [-0.25, -0.2) is 9.18 Å². The number of benzene rings is 1. The lowest BCUT2D eigenvalue weighted by molar-refractivity contribution is 0.227. The van der Waals surface area contributed by atoms with Crippen LogP contribution in [0.1, 0.15) is 20.3 Å². The molecule has 1 aromatic rings. The van der Waals surface area contributed by atoms with Gasteiger partial charge in [-0.3, -0.25) is 0 Å². The first-order valence-corrected chi connectivity index (χ1v) is 6.49. The van der Waals surface area contributed by atoms with Crippen molar-refractivity contribution in [2.24, 2.45) is 5.92 Å². The van der Waals surface area contributed by atoms with Crippen molar-refractivity contribution in [2.75, 3.05) is 19.0 Å². The topological polar surface area (TPSA) is 70.6 Å². The normalized spacial score (nSPS) is 12.1. The first kappa shape index (κ1) is 16.2. The van der Waals surface area contributed by atoms with Gasteiger partial charge in [-0.05, 0) is 24.5 Å². The van der Waals surface area contributed by atoms with Gasteiger partial charge in [-0.1, -0.05) is 13.8 Å². The van der Waals surface area contributed by atoms with Crippen molar-refractivity contribution in [1.82, 2.24) is 5.32 Å². The smallest absolute Gasteiger partial charge is 0.319 e. The molecule has 3 N–H and O–H groups in total. The summed E-state index contributed by atoms with van der Waals surface area (Å²) in [5, 5.41) is 14.1. The Morgan fingerprint density at radius 1 is 1.45 bits per heavy atom. The lowest BCUT2D eigenvalue weighted by Crippen LogP contribution is -2.41. The van der Waals surface area contributed by atoms with E-state index in [0.29, 0.717) is 12.2 Å². The number of hydrogen-bond acceptors (Lipinski definition) is 3. The van der Waals surface area contributed by atoms with Gasteiger partial charge in [-0.15, -0.1) is 0 Å². The van der Waals surface area contributed by atoms with Crippen LogP contribution in [0.25, 0.3) is 0 Å². The van der Waals surface area contributed by atoms with Crippen molar-refractivity contribution in [3.05, 3.63) is 24.0 Å². The average molecular weight is 284 g/mol. The molecule has 0 aliphatic carbocycles. The molecule has 2 amide bonds. The molecule has 0 bridgehead atoms. The molecule has 0 spiro atoms. The second kappa shape index (κ2) is 7.69. The zero-order chi connectivity index (χ0) is 15.1. The summed E-state index contributed by atoms with van der Waals surface area (Å²) in [5.74, 6) is 0.0877. The van der Waals surface area contributed by atoms with Gasteiger partial charge in [-0.2, -0.15) is 0 Å². The van der Waals surface area contributed by atoms with Crippen LogP contribution in [-0.4, -0.2) is 30.9 Å². The van der Waals surface area contributed by atoms with Gasteiger partial charge in [0.15, 0.2) is 0 Å². The molecule has 112 valence electrons. The van der Waals surface area contributed by atoms with Gasteiger partial charge in [0.25, 0.3) is 0 Å². The van der Waals surface area contributed by atoms with Crippen LogP contribution in [0.4, 0.5) is 14.9 Å². The maximum absolute atomic E-state index is 13.6. The van der Waals surface area contributed by atoms with Gasteiger partial charge in [0.1, 0.15) is 11.6 Å². The fraction of sp³-hybridized carbons (Fsp3) is 0.500. The minimum atomic E-state index is -0.538. The maximum atomic E-state index is 13.6. The maximum Gasteiger partial charge on any atom is 0.319 e.